The maximum Gasteiger partial charge on any atom is 0.243 e. The topological polar surface area (TPSA) is 70.6 Å². The summed E-state index contributed by atoms with van der Waals surface area (Å²) in [4.78, 5) is 29.3. The molecule has 0 saturated carbocycles. The van der Waals surface area contributed by atoms with Crippen LogP contribution in [0.5, 0.6) is 0 Å². The van der Waals surface area contributed by atoms with Crippen LogP contribution in [0, 0.1) is 34.6 Å². The number of anilines is 2. The highest BCUT2D eigenvalue weighted by Crippen LogP contribution is 2.35. The van der Waals surface area contributed by atoms with Crippen LogP contribution in [-0.2, 0) is 16.1 Å². The molecule has 3 aromatic rings. The number of fused-ring (bicyclic) bond motifs is 1. The first-order valence-electron chi connectivity index (χ1n) is 11.4. The fourth-order valence-electron chi connectivity index (χ4n) is 4.42. The molecule has 0 bridgehead atoms. The highest BCUT2D eigenvalue weighted by molar-refractivity contribution is 7.18. The number of benzene rings is 1. The molecule has 1 saturated heterocycles. The van der Waals surface area contributed by atoms with E-state index in [0.717, 1.165) is 65.0 Å². The second kappa shape index (κ2) is 9.75. The average Bonchev–Trinajstić information content (AvgIpc) is 3.04. The zero-order valence-electron chi connectivity index (χ0n) is 20.4. The van der Waals surface area contributed by atoms with Crippen molar-refractivity contribution in [3.8, 4) is 0 Å². The van der Waals surface area contributed by atoms with E-state index in [-0.39, 0.29) is 12.5 Å². The van der Waals surface area contributed by atoms with Crippen molar-refractivity contribution in [1.82, 2.24) is 14.9 Å². The number of thiophene rings is 1. The number of nitrogens with zero attached hydrogens (tertiary/aromatic N) is 4. The number of rotatable bonds is 6. The van der Waals surface area contributed by atoms with Gasteiger partial charge in [0.1, 0.15) is 16.5 Å². The minimum Gasteiger partial charge on any atom is -0.379 e. The summed E-state index contributed by atoms with van der Waals surface area (Å²) in [7, 11) is 1.93. The highest BCUT2D eigenvalue weighted by Gasteiger charge is 2.21. The standard InChI is InChI=1S/C25H33N5O2S/c1-15-11-16(2)23(17(3)12-15)28-21(31)14-29(6)24-22-18(4)19(5)33-25(22)27-20(26-24)13-30-7-9-32-10-8-30/h11-12H,7-10,13-14H2,1-6H3,(H,28,31). The van der Waals surface area contributed by atoms with Crippen molar-refractivity contribution in [3.05, 3.63) is 45.1 Å². The molecular weight excluding hydrogens is 434 g/mol. The van der Waals surface area contributed by atoms with E-state index in [0.29, 0.717) is 6.54 Å². The molecule has 0 radical (unpaired) electrons. The highest BCUT2D eigenvalue weighted by atomic mass is 32.1. The number of amides is 1. The second-order valence-electron chi connectivity index (χ2n) is 8.99. The van der Waals surface area contributed by atoms with Crippen LogP contribution in [0.25, 0.3) is 10.2 Å². The van der Waals surface area contributed by atoms with E-state index < -0.39 is 0 Å². The Hall–Kier alpha value is -2.55. The normalized spacial score (nSPS) is 14.6. The van der Waals surface area contributed by atoms with Crippen molar-refractivity contribution in [2.45, 2.75) is 41.2 Å². The summed E-state index contributed by atoms with van der Waals surface area (Å²) in [5, 5.41) is 4.15. The van der Waals surface area contributed by atoms with Crippen LogP contribution >= 0.6 is 11.3 Å². The molecule has 7 nitrogen and oxygen atoms in total. The lowest BCUT2D eigenvalue weighted by Crippen LogP contribution is -2.36. The van der Waals surface area contributed by atoms with Crippen LogP contribution in [-0.4, -0.2) is 60.7 Å². The van der Waals surface area contributed by atoms with Crippen molar-refractivity contribution in [2.24, 2.45) is 0 Å². The minimum absolute atomic E-state index is 0.0568. The third-order valence-corrected chi connectivity index (χ3v) is 7.31. The monoisotopic (exact) mass is 467 g/mol. The van der Waals surface area contributed by atoms with E-state index in [2.05, 4.69) is 43.1 Å². The maximum absolute atomic E-state index is 13.0. The summed E-state index contributed by atoms with van der Waals surface area (Å²) < 4.78 is 5.47. The first-order valence-corrected chi connectivity index (χ1v) is 12.2. The number of likely N-dealkylation sites (N-methyl/N-ethyl adjacent to an activating group) is 1. The van der Waals surface area contributed by atoms with Gasteiger partial charge in [0.25, 0.3) is 0 Å². The van der Waals surface area contributed by atoms with Gasteiger partial charge in [-0.1, -0.05) is 17.7 Å². The van der Waals surface area contributed by atoms with Gasteiger partial charge in [-0.05, 0) is 51.3 Å². The van der Waals surface area contributed by atoms with Crippen LogP contribution in [0.15, 0.2) is 12.1 Å². The lowest BCUT2D eigenvalue weighted by molar-refractivity contribution is -0.114. The Balaban J connectivity index is 1.59. The Kier molecular flexibility index (Phi) is 6.97. The minimum atomic E-state index is -0.0568. The van der Waals surface area contributed by atoms with Crippen LogP contribution in [0.3, 0.4) is 0 Å². The molecule has 1 fully saturated rings. The van der Waals surface area contributed by atoms with E-state index in [4.69, 9.17) is 14.7 Å². The molecule has 1 amide bonds. The lowest BCUT2D eigenvalue weighted by atomic mass is 10.1. The van der Waals surface area contributed by atoms with Gasteiger partial charge in [0, 0.05) is 30.7 Å². The lowest BCUT2D eigenvalue weighted by Gasteiger charge is -2.26. The number of ether oxygens (including phenoxy) is 1. The van der Waals surface area contributed by atoms with Gasteiger partial charge in [-0.3, -0.25) is 9.69 Å². The predicted octanol–water partition coefficient (Wildman–Crippen LogP) is 4.14. The number of aryl methyl sites for hydroxylation is 5. The quantitative estimate of drug-likeness (QED) is 0.588. The molecule has 176 valence electrons. The molecule has 2 aromatic heterocycles. The van der Waals surface area contributed by atoms with E-state index >= 15 is 0 Å². The van der Waals surface area contributed by atoms with Gasteiger partial charge >= 0.3 is 0 Å². The smallest absolute Gasteiger partial charge is 0.243 e. The number of hydrogen-bond acceptors (Lipinski definition) is 7. The van der Waals surface area contributed by atoms with Crippen molar-refractivity contribution < 1.29 is 9.53 Å². The Labute approximate surface area is 199 Å². The molecule has 3 heterocycles. The van der Waals surface area contributed by atoms with Gasteiger partial charge in [0.15, 0.2) is 0 Å². The molecule has 33 heavy (non-hydrogen) atoms. The maximum atomic E-state index is 13.0. The zero-order valence-corrected chi connectivity index (χ0v) is 21.2. The molecule has 8 heteroatoms. The van der Waals surface area contributed by atoms with Crippen LogP contribution in [0.4, 0.5) is 11.5 Å². The van der Waals surface area contributed by atoms with Crippen LogP contribution in [0.1, 0.15) is 33.0 Å². The van der Waals surface area contributed by atoms with Crippen molar-refractivity contribution in [2.75, 3.05) is 50.1 Å². The van der Waals surface area contributed by atoms with E-state index in [1.165, 1.54) is 16.0 Å². The molecule has 1 aliphatic rings. The predicted molar refractivity (Wildman–Crippen MR) is 136 cm³/mol. The van der Waals surface area contributed by atoms with Gasteiger partial charge in [0.2, 0.25) is 5.91 Å². The van der Waals surface area contributed by atoms with Crippen molar-refractivity contribution in [1.29, 1.82) is 0 Å². The fraction of sp³-hybridized carbons (Fsp3) is 0.480. The van der Waals surface area contributed by atoms with E-state index in [9.17, 15) is 4.79 Å². The molecule has 0 spiro atoms. The van der Waals surface area contributed by atoms with Gasteiger partial charge in [-0.2, -0.15) is 0 Å². The molecule has 1 aliphatic heterocycles. The first kappa shape index (κ1) is 23.6. The average molecular weight is 468 g/mol. The third-order valence-electron chi connectivity index (χ3n) is 6.21. The largest absolute Gasteiger partial charge is 0.379 e. The van der Waals surface area contributed by atoms with Gasteiger partial charge in [0.05, 0.1) is 31.7 Å². The molecule has 1 aromatic carbocycles. The summed E-state index contributed by atoms with van der Waals surface area (Å²) in [6.45, 7) is 14.5. The fourth-order valence-corrected chi connectivity index (χ4v) is 5.47. The van der Waals surface area contributed by atoms with E-state index in [1.54, 1.807) is 11.3 Å². The summed E-state index contributed by atoms with van der Waals surface area (Å²) in [6, 6.07) is 4.19. The SMILES string of the molecule is Cc1cc(C)c(NC(=O)CN(C)c2nc(CN3CCOCC3)nc3sc(C)c(C)c23)c(C)c1. The zero-order chi connectivity index (χ0) is 23.7. The molecule has 0 aliphatic carbocycles. The van der Waals surface area contributed by atoms with Crippen LogP contribution < -0.4 is 10.2 Å². The molecular formula is C25H33N5O2S. The summed E-state index contributed by atoms with van der Waals surface area (Å²) in [5.74, 6) is 1.55. The number of hydrogen-bond donors (Lipinski definition) is 1. The Morgan fingerprint density at radius 3 is 2.45 bits per heavy atom. The molecule has 0 unspecified atom stereocenters. The first-order chi connectivity index (χ1) is 15.7. The Bertz CT molecular complexity index is 1160. The Morgan fingerprint density at radius 2 is 1.79 bits per heavy atom. The summed E-state index contributed by atoms with van der Waals surface area (Å²) in [5.41, 5.74) is 5.41. The van der Waals surface area contributed by atoms with Gasteiger partial charge in [-0.15, -0.1) is 11.3 Å². The Morgan fingerprint density at radius 1 is 1.12 bits per heavy atom. The second-order valence-corrected chi connectivity index (χ2v) is 10.2. The summed E-state index contributed by atoms with van der Waals surface area (Å²) in [6.07, 6.45) is 0. The number of nitrogens with one attached hydrogen (secondary N) is 1. The molecule has 1 N–H and O–H groups in total. The number of carbonyl (C=O) groups is 1. The third kappa shape index (κ3) is 5.18. The van der Waals surface area contributed by atoms with Gasteiger partial charge in [-0.25, -0.2) is 9.97 Å². The molecule has 4 rings (SSSR count). The number of carbonyl (C=O) groups excluding carboxylic acids is 1. The van der Waals surface area contributed by atoms with E-state index in [1.807, 2.05) is 25.8 Å². The molecule has 0 atom stereocenters. The van der Waals surface area contributed by atoms with Crippen molar-refractivity contribution in [3.63, 3.8) is 0 Å². The number of aromatic nitrogens is 2. The van der Waals surface area contributed by atoms with Gasteiger partial charge < -0.3 is 15.0 Å². The van der Waals surface area contributed by atoms with Crippen molar-refractivity contribution >= 4 is 39.0 Å². The van der Waals surface area contributed by atoms with Crippen LogP contribution in [0.2, 0.25) is 0 Å². The number of morpholine rings is 1. The summed E-state index contributed by atoms with van der Waals surface area (Å²) >= 11 is 1.69.